The first-order valence-electron chi connectivity index (χ1n) is 4.87. The SMILES string of the molecule is C=CCCCOc1ccc(C(N)=O)cc1. The molecule has 3 nitrogen and oxygen atoms in total. The van der Waals surface area contributed by atoms with Crippen molar-refractivity contribution in [2.24, 2.45) is 5.73 Å². The summed E-state index contributed by atoms with van der Waals surface area (Å²) in [6.45, 7) is 4.28. The zero-order valence-corrected chi connectivity index (χ0v) is 8.61. The first-order chi connectivity index (χ1) is 7.24. The van der Waals surface area contributed by atoms with E-state index < -0.39 is 5.91 Å². The summed E-state index contributed by atoms with van der Waals surface area (Å²) in [5, 5.41) is 0. The molecule has 1 aromatic rings. The first kappa shape index (κ1) is 11.3. The van der Waals surface area contributed by atoms with Crippen molar-refractivity contribution in [2.45, 2.75) is 12.8 Å². The third-order valence-corrected chi connectivity index (χ3v) is 1.96. The highest BCUT2D eigenvalue weighted by atomic mass is 16.5. The molecule has 1 rings (SSSR count). The molecule has 1 aromatic carbocycles. The number of carbonyl (C=O) groups is 1. The van der Waals surface area contributed by atoms with Crippen LogP contribution in [0.25, 0.3) is 0 Å². The van der Waals surface area contributed by atoms with Crippen molar-refractivity contribution in [3.05, 3.63) is 42.5 Å². The van der Waals surface area contributed by atoms with Gasteiger partial charge in [-0.15, -0.1) is 6.58 Å². The molecule has 0 spiro atoms. The van der Waals surface area contributed by atoms with Crippen molar-refractivity contribution in [1.29, 1.82) is 0 Å². The Hall–Kier alpha value is -1.77. The zero-order valence-electron chi connectivity index (χ0n) is 8.61. The molecule has 0 aliphatic carbocycles. The molecule has 0 radical (unpaired) electrons. The van der Waals surface area contributed by atoms with E-state index in [-0.39, 0.29) is 0 Å². The molecule has 0 heterocycles. The van der Waals surface area contributed by atoms with E-state index in [2.05, 4.69) is 6.58 Å². The summed E-state index contributed by atoms with van der Waals surface area (Å²) in [4.78, 5) is 10.8. The molecule has 0 aliphatic heterocycles. The smallest absolute Gasteiger partial charge is 0.248 e. The van der Waals surface area contributed by atoms with Crippen molar-refractivity contribution < 1.29 is 9.53 Å². The van der Waals surface area contributed by atoms with Gasteiger partial charge in [-0.3, -0.25) is 4.79 Å². The Morgan fingerprint density at radius 2 is 2.07 bits per heavy atom. The summed E-state index contributed by atoms with van der Waals surface area (Å²) in [5.41, 5.74) is 5.61. The van der Waals surface area contributed by atoms with E-state index in [4.69, 9.17) is 10.5 Å². The maximum absolute atomic E-state index is 10.8. The Balaban J connectivity index is 2.42. The molecular formula is C12H15NO2. The van der Waals surface area contributed by atoms with Crippen molar-refractivity contribution in [1.82, 2.24) is 0 Å². The molecule has 1 amide bonds. The number of rotatable bonds is 6. The van der Waals surface area contributed by atoms with Gasteiger partial charge < -0.3 is 10.5 Å². The molecule has 80 valence electrons. The summed E-state index contributed by atoms with van der Waals surface area (Å²) >= 11 is 0. The molecule has 3 heteroatoms. The number of primary amides is 1. The molecule has 0 saturated carbocycles. The molecule has 0 fully saturated rings. The minimum absolute atomic E-state index is 0.423. The molecule has 0 saturated heterocycles. The molecule has 0 unspecified atom stereocenters. The van der Waals surface area contributed by atoms with Gasteiger partial charge in [0.25, 0.3) is 0 Å². The number of benzene rings is 1. The fraction of sp³-hybridized carbons (Fsp3) is 0.250. The number of unbranched alkanes of at least 4 members (excludes halogenated alkanes) is 1. The van der Waals surface area contributed by atoms with Crippen molar-refractivity contribution in [2.75, 3.05) is 6.61 Å². The Bertz CT molecular complexity index is 330. The van der Waals surface area contributed by atoms with Crippen LogP contribution in [0.2, 0.25) is 0 Å². The molecule has 0 aromatic heterocycles. The van der Waals surface area contributed by atoms with E-state index in [0.717, 1.165) is 18.6 Å². The Morgan fingerprint density at radius 1 is 1.40 bits per heavy atom. The number of carbonyl (C=O) groups excluding carboxylic acids is 1. The fourth-order valence-electron chi connectivity index (χ4n) is 1.13. The number of amides is 1. The van der Waals surface area contributed by atoms with Crippen LogP contribution in [0.4, 0.5) is 0 Å². The van der Waals surface area contributed by atoms with E-state index in [0.29, 0.717) is 12.2 Å². The van der Waals surface area contributed by atoms with Gasteiger partial charge in [-0.2, -0.15) is 0 Å². The van der Waals surface area contributed by atoms with Gasteiger partial charge in [0.15, 0.2) is 0 Å². The van der Waals surface area contributed by atoms with Crippen molar-refractivity contribution in [3.8, 4) is 5.75 Å². The molecule has 15 heavy (non-hydrogen) atoms. The molecular weight excluding hydrogens is 190 g/mol. The number of ether oxygens (including phenoxy) is 1. The largest absolute Gasteiger partial charge is 0.494 e. The van der Waals surface area contributed by atoms with E-state index in [9.17, 15) is 4.79 Å². The van der Waals surface area contributed by atoms with Crippen LogP contribution in [0.3, 0.4) is 0 Å². The predicted molar refractivity (Wildman–Crippen MR) is 59.9 cm³/mol. The second-order valence-electron chi connectivity index (χ2n) is 3.17. The third-order valence-electron chi connectivity index (χ3n) is 1.96. The van der Waals surface area contributed by atoms with Gasteiger partial charge in [-0.1, -0.05) is 6.08 Å². The highest BCUT2D eigenvalue weighted by Crippen LogP contribution is 2.12. The fourth-order valence-corrected chi connectivity index (χ4v) is 1.13. The summed E-state index contributed by atoms with van der Waals surface area (Å²) in [5.74, 6) is 0.331. The van der Waals surface area contributed by atoms with Crippen LogP contribution in [0.5, 0.6) is 5.75 Å². The number of allylic oxidation sites excluding steroid dienone is 1. The summed E-state index contributed by atoms with van der Waals surface area (Å²) in [6.07, 6.45) is 3.75. The maximum Gasteiger partial charge on any atom is 0.248 e. The average Bonchev–Trinajstić information content (AvgIpc) is 2.25. The van der Waals surface area contributed by atoms with Gasteiger partial charge >= 0.3 is 0 Å². The van der Waals surface area contributed by atoms with E-state index in [1.54, 1.807) is 24.3 Å². The van der Waals surface area contributed by atoms with Gasteiger partial charge in [0.1, 0.15) is 5.75 Å². The van der Waals surface area contributed by atoms with Crippen LogP contribution in [0.15, 0.2) is 36.9 Å². The lowest BCUT2D eigenvalue weighted by molar-refractivity contribution is 0.100. The molecule has 0 aliphatic rings. The highest BCUT2D eigenvalue weighted by molar-refractivity contribution is 5.92. The maximum atomic E-state index is 10.8. The monoisotopic (exact) mass is 205 g/mol. The lowest BCUT2D eigenvalue weighted by atomic mass is 10.2. The predicted octanol–water partition coefficient (Wildman–Crippen LogP) is 2.13. The van der Waals surface area contributed by atoms with Gasteiger partial charge in [0.2, 0.25) is 5.91 Å². The summed E-state index contributed by atoms with van der Waals surface area (Å²) in [7, 11) is 0. The first-order valence-corrected chi connectivity index (χ1v) is 4.87. The molecule has 0 atom stereocenters. The van der Waals surface area contributed by atoms with E-state index in [1.165, 1.54) is 0 Å². The Labute approximate surface area is 89.5 Å². The normalized spacial score (nSPS) is 9.60. The van der Waals surface area contributed by atoms with Crippen LogP contribution < -0.4 is 10.5 Å². The van der Waals surface area contributed by atoms with Crippen molar-refractivity contribution >= 4 is 5.91 Å². The quantitative estimate of drug-likeness (QED) is 0.571. The summed E-state index contributed by atoms with van der Waals surface area (Å²) in [6, 6.07) is 6.80. The van der Waals surface area contributed by atoms with Gasteiger partial charge in [0, 0.05) is 5.56 Å². The average molecular weight is 205 g/mol. The van der Waals surface area contributed by atoms with Crippen LogP contribution in [-0.2, 0) is 0 Å². The van der Waals surface area contributed by atoms with E-state index in [1.807, 2.05) is 6.08 Å². The van der Waals surface area contributed by atoms with Crippen molar-refractivity contribution in [3.63, 3.8) is 0 Å². The minimum atomic E-state index is -0.423. The number of nitrogens with two attached hydrogens (primary N) is 1. The third kappa shape index (κ3) is 3.85. The van der Waals surface area contributed by atoms with Crippen LogP contribution >= 0.6 is 0 Å². The zero-order chi connectivity index (χ0) is 11.1. The lowest BCUT2D eigenvalue weighted by Gasteiger charge is -2.05. The number of hydrogen-bond acceptors (Lipinski definition) is 2. The molecule has 2 N–H and O–H groups in total. The van der Waals surface area contributed by atoms with Crippen LogP contribution in [-0.4, -0.2) is 12.5 Å². The Morgan fingerprint density at radius 3 is 2.60 bits per heavy atom. The van der Waals surface area contributed by atoms with Gasteiger partial charge in [-0.25, -0.2) is 0 Å². The minimum Gasteiger partial charge on any atom is -0.494 e. The molecule has 0 bridgehead atoms. The van der Waals surface area contributed by atoms with Crippen LogP contribution in [0, 0.1) is 0 Å². The second-order valence-corrected chi connectivity index (χ2v) is 3.17. The van der Waals surface area contributed by atoms with Gasteiger partial charge in [-0.05, 0) is 37.1 Å². The van der Waals surface area contributed by atoms with Crippen LogP contribution in [0.1, 0.15) is 23.2 Å². The van der Waals surface area contributed by atoms with E-state index >= 15 is 0 Å². The number of hydrogen-bond donors (Lipinski definition) is 1. The summed E-state index contributed by atoms with van der Waals surface area (Å²) < 4.78 is 5.44. The standard InChI is InChI=1S/C12H15NO2/c1-2-3-4-9-15-11-7-5-10(6-8-11)12(13)14/h2,5-8H,1,3-4,9H2,(H2,13,14). The Kier molecular flexibility index (Phi) is 4.41. The lowest BCUT2D eigenvalue weighted by Crippen LogP contribution is -2.10. The topological polar surface area (TPSA) is 52.3 Å². The second kappa shape index (κ2) is 5.86. The highest BCUT2D eigenvalue weighted by Gasteiger charge is 1.99. The van der Waals surface area contributed by atoms with Gasteiger partial charge in [0.05, 0.1) is 6.61 Å².